The lowest BCUT2D eigenvalue weighted by atomic mass is 10.2. The van der Waals surface area contributed by atoms with Gasteiger partial charge in [-0.3, -0.25) is 0 Å². The molecule has 0 fully saturated rings. The highest BCUT2D eigenvalue weighted by molar-refractivity contribution is 9.10. The van der Waals surface area contributed by atoms with Gasteiger partial charge in [-0.2, -0.15) is 0 Å². The van der Waals surface area contributed by atoms with Crippen LogP contribution in [-0.4, -0.2) is 16.1 Å². The number of carboxylic acids is 1. The molecule has 0 unspecified atom stereocenters. The van der Waals surface area contributed by atoms with Crippen molar-refractivity contribution in [1.29, 1.82) is 0 Å². The smallest absolute Gasteiger partial charge is 0.337 e. The molecule has 1 aromatic heterocycles. The van der Waals surface area contributed by atoms with E-state index in [2.05, 4.69) is 26.2 Å². The molecule has 98 valence electrons. The number of carboxylic acid groups (broad SMARTS) is 1. The molecule has 5 nitrogen and oxygen atoms in total. The first-order valence-corrected chi connectivity index (χ1v) is 6.29. The first-order chi connectivity index (χ1) is 8.99. The molecule has 0 saturated carbocycles. The Morgan fingerprint density at radius 2 is 2.16 bits per heavy atom. The number of anilines is 3. The Kier molecular flexibility index (Phi) is 3.71. The van der Waals surface area contributed by atoms with Crippen LogP contribution in [0.2, 0.25) is 0 Å². The number of halogens is 1. The summed E-state index contributed by atoms with van der Waals surface area (Å²) in [5, 5.41) is 12.0. The lowest BCUT2D eigenvalue weighted by Crippen LogP contribution is -2.07. The minimum Gasteiger partial charge on any atom is -0.478 e. The van der Waals surface area contributed by atoms with Crippen molar-refractivity contribution >= 4 is 39.1 Å². The second-order valence-corrected chi connectivity index (χ2v) is 4.87. The van der Waals surface area contributed by atoms with Crippen molar-refractivity contribution in [2.24, 2.45) is 0 Å². The first-order valence-electron chi connectivity index (χ1n) is 5.50. The molecule has 6 heteroatoms. The van der Waals surface area contributed by atoms with Crippen molar-refractivity contribution in [1.82, 2.24) is 4.98 Å². The zero-order chi connectivity index (χ0) is 14.0. The summed E-state index contributed by atoms with van der Waals surface area (Å²) in [6.07, 6.45) is 1.41. The number of aromatic nitrogens is 1. The van der Waals surface area contributed by atoms with Gasteiger partial charge in [-0.15, -0.1) is 0 Å². The van der Waals surface area contributed by atoms with Gasteiger partial charge in [0, 0.05) is 16.4 Å². The second-order valence-electron chi connectivity index (χ2n) is 4.01. The van der Waals surface area contributed by atoms with Gasteiger partial charge in [-0.1, -0.05) is 15.9 Å². The fraction of sp³-hybridized carbons (Fsp3) is 0.0769. The van der Waals surface area contributed by atoms with E-state index in [1.165, 1.54) is 12.3 Å². The van der Waals surface area contributed by atoms with Crippen molar-refractivity contribution in [3.05, 3.63) is 46.1 Å². The second kappa shape index (κ2) is 5.27. The van der Waals surface area contributed by atoms with Crippen molar-refractivity contribution < 1.29 is 9.90 Å². The van der Waals surface area contributed by atoms with Crippen LogP contribution in [0.5, 0.6) is 0 Å². The number of nitrogens with two attached hydrogens (primary N) is 1. The van der Waals surface area contributed by atoms with Crippen LogP contribution in [0.15, 0.2) is 34.9 Å². The van der Waals surface area contributed by atoms with Gasteiger partial charge in [0.05, 0.1) is 11.3 Å². The summed E-state index contributed by atoms with van der Waals surface area (Å²) >= 11 is 3.41. The molecule has 0 aliphatic rings. The van der Waals surface area contributed by atoms with E-state index in [0.717, 1.165) is 15.7 Å². The molecule has 4 N–H and O–H groups in total. The molecule has 0 amide bonds. The Morgan fingerprint density at radius 3 is 2.79 bits per heavy atom. The maximum Gasteiger partial charge on any atom is 0.337 e. The number of nitrogen functional groups attached to an aromatic ring is 1. The standard InChI is InChI=1S/C13H12BrN3O2/c1-7-6-8(2-3-10(7)14)17-12-11(15)9(13(18)19)4-5-16-12/h2-6H,15H2,1H3,(H,16,17)(H,18,19). The summed E-state index contributed by atoms with van der Waals surface area (Å²) in [5.74, 6) is -0.739. The molecule has 1 aromatic carbocycles. The average Bonchev–Trinajstić information content (AvgIpc) is 2.36. The van der Waals surface area contributed by atoms with Crippen molar-refractivity contribution in [3.8, 4) is 0 Å². The number of nitrogens with one attached hydrogen (secondary N) is 1. The summed E-state index contributed by atoms with van der Waals surface area (Å²) in [6.45, 7) is 1.96. The van der Waals surface area contributed by atoms with Crippen LogP contribution in [-0.2, 0) is 0 Å². The third-order valence-corrected chi connectivity index (χ3v) is 3.53. The molecule has 0 atom stereocenters. The zero-order valence-electron chi connectivity index (χ0n) is 10.1. The molecule has 0 saturated heterocycles. The van der Waals surface area contributed by atoms with Crippen molar-refractivity contribution in [3.63, 3.8) is 0 Å². The van der Waals surface area contributed by atoms with E-state index in [4.69, 9.17) is 10.8 Å². The molecule has 0 aliphatic carbocycles. The molecule has 19 heavy (non-hydrogen) atoms. The largest absolute Gasteiger partial charge is 0.478 e. The minimum atomic E-state index is -1.07. The fourth-order valence-electron chi connectivity index (χ4n) is 1.62. The highest BCUT2D eigenvalue weighted by Crippen LogP contribution is 2.26. The maximum atomic E-state index is 11.0. The predicted octanol–water partition coefficient (Wildman–Crippen LogP) is 3.18. The normalized spacial score (nSPS) is 10.2. The van der Waals surface area contributed by atoms with Crippen LogP contribution in [0.1, 0.15) is 15.9 Å². The van der Waals surface area contributed by atoms with Crippen molar-refractivity contribution in [2.75, 3.05) is 11.1 Å². The summed E-state index contributed by atoms with van der Waals surface area (Å²) in [4.78, 5) is 15.0. The number of hydrogen-bond acceptors (Lipinski definition) is 4. The Morgan fingerprint density at radius 1 is 1.42 bits per heavy atom. The number of pyridine rings is 1. The highest BCUT2D eigenvalue weighted by atomic mass is 79.9. The van der Waals surface area contributed by atoms with Gasteiger partial charge in [0.1, 0.15) is 0 Å². The van der Waals surface area contributed by atoms with Crippen LogP contribution in [0.25, 0.3) is 0 Å². The predicted molar refractivity (Wildman–Crippen MR) is 77.8 cm³/mol. The summed E-state index contributed by atoms with van der Waals surface area (Å²) in [5.41, 5.74) is 7.79. The van der Waals surface area contributed by atoms with E-state index >= 15 is 0 Å². The van der Waals surface area contributed by atoms with E-state index in [9.17, 15) is 4.79 Å². The number of aryl methyl sites for hydroxylation is 1. The third kappa shape index (κ3) is 2.85. The molecule has 0 spiro atoms. The van der Waals surface area contributed by atoms with Gasteiger partial charge in [-0.05, 0) is 36.8 Å². The number of aromatic carboxylic acids is 1. The van der Waals surface area contributed by atoms with Gasteiger partial charge < -0.3 is 16.2 Å². The third-order valence-electron chi connectivity index (χ3n) is 2.64. The van der Waals surface area contributed by atoms with E-state index in [-0.39, 0.29) is 11.3 Å². The molecule has 2 rings (SSSR count). The van der Waals surface area contributed by atoms with Crippen LogP contribution in [0.4, 0.5) is 17.2 Å². The Hall–Kier alpha value is -2.08. The van der Waals surface area contributed by atoms with Gasteiger partial charge in [0.25, 0.3) is 0 Å². The average molecular weight is 322 g/mol. The Balaban J connectivity index is 2.35. The van der Waals surface area contributed by atoms with Gasteiger partial charge in [0.2, 0.25) is 0 Å². The molecular formula is C13H12BrN3O2. The number of hydrogen-bond donors (Lipinski definition) is 3. The molecule has 2 aromatic rings. The SMILES string of the molecule is Cc1cc(Nc2nccc(C(=O)O)c2N)ccc1Br. The Labute approximate surface area is 118 Å². The monoisotopic (exact) mass is 321 g/mol. The highest BCUT2D eigenvalue weighted by Gasteiger charge is 2.12. The molecular weight excluding hydrogens is 310 g/mol. The Bertz CT molecular complexity index is 644. The maximum absolute atomic E-state index is 11.0. The number of nitrogens with zero attached hydrogens (tertiary/aromatic N) is 1. The van der Waals surface area contributed by atoms with E-state index in [0.29, 0.717) is 5.82 Å². The summed E-state index contributed by atoms with van der Waals surface area (Å²) < 4.78 is 0.998. The van der Waals surface area contributed by atoms with Crippen LogP contribution >= 0.6 is 15.9 Å². The van der Waals surface area contributed by atoms with Gasteiger partial charge in [-0.25, -0.2) is 9.78 Å². The minimum absolute atomic E-state index is 0.0336. The van der Waals surface area contributed by atoms with Crippen LogP contribution in [0.3, 0.4) is 0 Å². The number of benzene rings is 1. The number of rotatable bonds is 3. The van der Waals surface area contributed by atoms with E-state index < -0.39 is 5.97 Å². The first kappa shape index (κ1) is 13.4. The fourth-order valence-corrected chi connectivity index (χ4v) is 1.87. The lowest BCUT2D eigenvalue weighted by molar-refractivity contribution is 0.0698. The number of carbonyl (C=O) groups is 1. The van der Waals surface area contributed by atoms with E-state index in [1.54, 1.807) is 0 Å². The quantitative estimate of drug-likeness (QED) is 0.808. The lowest BCUT2D eigenvalue weighted by Gasteiger charge is -2.11. The molecule has 0 radical (unpaired) electrons. The van der Waals surface area contributed by atoms with Gasteiger partial charge >= 0.3 is 5.97 Å². The zero-order valence-corrected chi connectivity index (χ0v) is 11.7. The molecule has 0 aliphatic heterocycles. The van der Waals surface area contributed by atoms with Crippen molar-refractivity contribution in [2.45, 2.75) is 6.92 Å². The topological polar surface area (TPSA) is 88.2 Å². The summed E-state index contributed by atoms with van der Waals surface area (Å²) in [7, 11) is 0. The van der Waals surface area contributed by atoms with Gasteiger partial charge in [0.15, 0.2) is 5.82 Å². The van der Waals surface area contributed by atoms with E-state index in [1.807, 2.05) is 25.1 Å². The van der Waals surface area contributed by atoms with Crippen LogP contribution < -0.4 is 11.1 Å². The summed E-state index contributed by atoms with van der Waals surface area (Å²) in [6, 6.07) is 7.04. The van der Waals surface area contributed by atoms with Crippen LogP contribution in [0, 0.1) is 6.92 Å². The molecule has 1 heterocycles. The molecule has 0 bridgehead atoms.